The van der Waals surface area contributed by atoms with E-state index in [1.54, 1.807) is 0 Å². The minimum Gasteiger partial charge on any atom is -0.344 e. The molecule has 0 radical (unpaired) electrons. The summed E-state index contributed by atoms with van der Waals surface area (Å²) in [5, 5.41) is 3.25. The molecule has 2 rings (SSSR count). The zero-order chi connectivity index (χ0) is 14.6. The Hall–Kier alpha value is -1.29. The molecule has 1 aliphatic carbocycles. The minimum atomic E-state index is -0.226. The van der Waals surface area contributed by atoms with E-state index >= 15 is 0 Å². The van der Waals surface area contributed by atoms with Crippen molar-refractivity contribution in [1.82, 2.24) is 9.88 Å². The quantitative estimate of drug-likeness (QED) is 0.869. The maximum absolute atomic E-state index is 12.6. The molecule has 2 unspecified atom stereocenters. The largest absolute Gasteiger partial charge is 0.344 e. The first kappa shape index (κ1) is 15.1. The molecule has 4 nitrogen and oxygen atoms in total. The van der Waals surface area contributed by atoms with Crippen molar-refractivity contribution in [3.05, 3.63) is 24.0 Å². The van der Waals surface area contributed by atoms with Gasteiger partial charge in [-0.1, -0.05) is 26.7 Å². The van der Waals surface area contributed by atoms with Crippen LogP contribution in [0.15, 0.2) is 18.3 Å². The van der Waals surface area contributed by atoms with Gasteiger partial charge in [-0.2, -0.15) is 0 Å². The number of nitrogens with zero attached hydrogens (tertiary/aromatic N) is 1. The molecular weight excluding hydrogens is 250 g/mol. The Bertz CT molecular complexity index is 454. The summed E-state index contributed by atoms with van der Waals surface area (Å²) in [4.78, 5) is 12.6. The van der Waals surface area contributed by atoms with Crippen molar-refractivity contribution >= 4 is 5.91 Å². The Morgan fingerprint density at radius 2 is 2.35 bits per heavy atom. The van der Waals surface area contributed by atoms with E-state index in [9.17, 15) is 4.79 Å². The zero-order valence-electron chi connectivity index (χ0n) is 12.7. The third-order valence-electron chi connectivity index (χ3n) is 4.71. The third-order valence-corrected chi connectivity index (χ3v) is 4.71. The number of aromatic nitrogens is 1. The Morgan fingerprint density at radius 1 is 1.55 bits per heavy atom. The molecule has 1 aromatic heterocycles. The van der Waals surface area contributed by atoms with Gasteiger partial charge in [0.15, 0.2) is 0 Å². The standard InChI is InChI=1S/C16H27N3O/c1-3-10-19-11-6-8-14(19)15(20)18-16(12-17)9-5-4-7-13(16)2/h6,8,11,13H,3-5,7,9-10,12,17H2,1-2H3,(H,18,20). The van der Waals surface area contributed by atoms with Crippen LogP contribution in [0.3, 0.4) is 0 Å². The highest BCUT2D eigenvalue weighted by Crippen LogP contribution is 2.33. The lowest BCUT2D eigenvalue weighted by atomic mass is 9.73. The summed E-state index contributed by atoms with van der Waals surface area (Å²) in [6.45, 7) is 5.72. The van der Waals surface area contributed by atoms with Crippen molar-refractivity contribution in [2.75, 3.05) is 6.54 Å². The van der Waals surface area contributed by atoms with Crippen LogP contribution < -0.4 is 11.1 Å². The number of aryl methyl sites for hydroxylation is 1. The predicted molar refractivity (Wildman–Crippen MR) is 81.6 cm³/mol. The van der Waals surface area contributed by atoms with Crippen molar-refractivity contribution in [2.24, 2.45) is 11.7 Å². The lowest BCUT2D eigenvalue weighted by Gasteiger charge is -2.42. The van der Waals surface area contributed by atoms with E-state index in [1.165, 1.54) is 6.42 Å². The van der Waals surface area contributed by atoms with E-state index < -0.39 is 0 Å². The highest BCUT2D eigenvalue weighted by Gasteiger charge is 2.38. The van der Waals surface area contributed by atoms with E-state index in [1.807, 2.05) is 22.9 Å². The monoisotopic (exact) mass is 277 g/mol. The molecule has 0 spiro atoms. The fourth-order valence-corrected chi connectivity index (χ4v) is 3.30. The molecule has 2 atom stereocenters. The van der Waals surface area contributed by atoms with Crippen LogP contribution in [0, 0.1) is 5.92 Å². The van der Waals surface area contributed by atoms with Gasteiger partial charge in [-0.15, -0.1) is 0 Å². The number of carbonyl (C=O) groups excluding carboxylic acids is 1. The van der Waals surface area contributed by atoms with Crippen LogP contribution in [-0.2, 0) is 6.54 Å². The number of hydrogen-bond donors (Lipinski definition) is 2. The molecule has 0 saturated heterocycles. The Balaban J connectivity index is 2.14. The van der Waals surface area contributed by atoms with E-state index in [2.05, 4.69) is 19.2 Å². The van der Waals surface area contributed by atoms with Gasteiger partial charge in [-0.3, -0.25) is 4.79 Å². The van der Waals surface area contributed by atoms with Gasteiger partial charge in [0.05, 0.1) is 5.54 Å². The first-order valence-electron chi connectivity index (χ1n) is 7.80. The van der Waals surface area contributed by atoms with Gasteiger partial charge in [0.25, 0.3) is 5.91 Å². The first-order chi connectivity index (χ1) is 9.63. The molecule has 1 aliphatic rings. The van der Waals surface area contributed by atoms with Crippen LogP contribution in [-0.4, -0.2) is 22.6 Å². The predicted octanol–water partition coefficient (Wildman–Crippen LogP) is 2.54. The molecule has 4 heteroatoms. The molecule has 20 heavy (non-hydrogen) atoms. The van der Waals surface area contributed by atoms with Gasteiger partial charge in [-0.25, -0.2) is 0 Å². The summed E-state index contributed by atoms with van der Waals surface area (Å²) in [6, 6.07) is 3.83. The summed E-state index contributed by atoms with van der Waals surface area (Å²) in [5.41, 5.74) is 6.53. The van der Waals surface area contributed by atoms with Crippen LogP contribution in [0.25, 0.3) is 0 Å². The van der Waals surface area contributed by atoms with E-state index in [0.717, 1.165) is 37.9 Å². The van der Waals surface area contributed by atoms with Crippen LogP contribution in [0.2, 0.25) is 0 Å². The molecule has 1 fully saturated rings. The maximum Gasteiger partial charge on any atom is 0.268 e. The number of nitrogens with two attached hydrogens (primary N) is 1. The topological polar surface area (TPSA) is 60.0 Å². The zero-order valence-corrected chi connectivity index (χ0v) is 12.7. The molecule has 112 valence electrons. The lowest BCUT2D eigenvalue weighted by Crippen LogP contribution is -2.59. The number of rotatable bonds is 5. The summed E-state index contributed by atoms with van der Waals surface area (Å²) >= 11 is 0. The molecule has 1 aromatic rings. The van der Waals surface area contributed by atoms with Gasteiger partial charge < -0.3 is 15.6 Å². The molecule has 1 saturated carbocycles. The normalized spacial score (nSPS) is 26.4. The lowest BCUT2D eigenvalue weighted by molar-refractivity contribution is 0.0803. The van der Waals surface area contributed by atoms with E-state index in [4.69, 9.17) is 5.73 Å². The summed E-state index contributed by atoms with van der Waals surface area (Å²) < 4.78 is 2.02. The SMILES string of the molecule is CCCn1cccc1C(=O)NC1(CN)CCCCC1C. The molecule has 0 bridgehead atoms. The average Bonchev–Trinajstić information content (AvgIpc) is 2.90. The van der Waals surface area contributed by atoms with Crippen molar-refractivity contribution in [2.45, 2.75) is 58.0 Å². The minimum absolute atomic E-state index is 0.0163. The van der Waals surface area contributed by atoms with Crippen LogP contribution in [0.4, 0.5) is 0 Å². The van der Waals surface area contributed by atoms with Crippen molar-refractivity contribution in [3.8, 4) is 0 Å². The fourth-order valence-electron chi connectivity index (χ4n) is 3.30. The summed E-state index contributed by atoms with van der Waals surface area (Å²) in [6.07, 6.45) is 7.52. The molecule has 1 heterocycles. The van der Waals surface area contributed by atoms with Crippen molar-refractivity contribution in [3.63, 3.8) is 0 Å². The van der Waals surface area contributed by atoms with Gasteiger partial charge in [0.1, 0.15) is 5.69 Å². The highest BCUT2D eigenvalue weighted by atomic mass is 16.2. The summed E-state index contributed by atoms with van der Waals surface area (Å²) in [7, 11) is 0. The fraction of sp³-hybridized carbons (Fsp3) is 0.688. The maximum atomic E-state index is 12.6. The molecule has 0 aliphatic heterocycles. The third kappa shape index (κ3) is 2.90. The average molecular weight is 277 g/mol. The number of hydrogen-bond acceptors (Lipinski definition) is 2. The number of carbonyl (C=O) groups is 1. The Morgan fingerprint density at radius 3 is 3.00 bits per heavy atom. The second-order valence-electron chi connectivity index (χ2n) is 6.05. The number of amides is 1. The molecular formula is C16H27N3O. The smallest absolute Gasteiger partial charge is 0.268 e. The number of nitrogens with one attached hydrogen (secondary N) is 1. The first-order valence-corrected chi connectivity index (χ1v) is 7.80. The van der Waals surface area contributed by atoms with Crippen LogP contribution in [0.5, 0.6) is 0 Å². The van der Waals surface area contributed by atoms with E-state index in [0.29, 0.717) is 12.5 Å². The van der Waals surface area contributed by atoms with Crippen molar-refractivity contribution < 1.29 is 4.79 Å². The van der Waals surface area contributed by atoms with Gasteiger partial charge in [-0.05, 0) is 37.3 Å². The van der Waals surface area contributed by atoms with Crippen molar-refractivity contribution in [1.29, 1.82) is 0 Å². The highest BCUT2D eigenvalue weighted by molar-refractivity contribution is 5.93. The Kier molecular flexibility index (Phi) is 4.86. The molecule has 1 amide bonds. The Labute approximate surface area is 121 Å². The summed E-state index contributed by atoms with van der Waals surface area (Å²) in [5.74, 6) is 0.461. The van der Waals surface area contributed by atoms with Crippen LogP contribution in [0.1, 0.15) is 56.4 Å². The second-order valence-corrected chi connectivity index (χ2v) is 6.05. The van der Waals surface area contributed by atoms with E-state index in [-0.39, 0.29) is 11.4 Å². The van der Waals surface area contributed by atoms with Gasteiger partial charge >= 0.3 is 0 Å². The second kappa shape index (κ2) is 6.44. The molecule has 0 aromatic carbocycles. The van der Waals surface area contributed by atoms with Crippen LogP contribution >= 0.6 is 0 Å². The van der Waals surface area contributed by atoms with Gasteiger partial charge in [0, 0.05) is 19.3 Å². The molecule has 3 N–H and O–H groups in total. The van der Waals surface area contributed by atoms with Gasteiger partial charge in [0.2, 0.25) is 0 Å².